The van der Waals surface area contributed by atoms with Gasteiger partial charge in [-0.25, -0.2) is 0 Å². The van der Waals surface area contributed by atoms with Crippen LogP contribution in [0.25, 0.3) is 0 Å². The molecule has 0 aliphatic heterocycles. The van der Waals surface area contributed by atoms with Crippen LogP contribution >= 0.6 is 0 Å². The van der Waals surface area contributed by atoms with Gasteiger partial charge in [-0.3, -0.25) is 9.59 Å². The molecule has 232 valence electrons. The van der Waals surface area contributed by atoms with E-state index in [4.69, 9.17) is 0 Å². The topological polar surface area (TPSA) is 93.1 Å². The summed E-state index contributed by atoms with van der Waals surface area (Å²) in [6.07, 6.45) is -26.6. The maximum Gasteiger partial charge on any atom is 0.430 e. The third-order valence-electron chi connectivity index (χ3n) is 6.07. The largest absolute Gasteiger partial charge is 0.455 e. The molecule has 0 rings (SSSR count). The predicted molar refractivity (Wildman–Crippen MR) is 107 cm³/mol. The van der Waals surface area contributed by atoms with Crippen LogP contribution in [0.3, 0.4) is 0 Å². The van der Waals surface area contributed by atoms with Crippen molar-refractivity contribution in [3.05, 3.63) is 0 Å². The molecule has 0 amide bonds. The number of carbonyl (C=O) groups excluding carboxylic acids is 2. The molecular formula is C21H28F12O6. The first-order chi connectivity index (χ1) is 16.5. The van der Waals surface area contributed by atoms with E-state index in [0.29, 0.717) is 0 Å². The second-order valence-electron chi connectivity index (χ2n) is 11.2. The quantitative estimate of drug-likeness (QED) is 0.270. The zero-order valence-electron chi connectivity index (χ0n) is 21.8. The maximum absolute atomic E-state index is 13.2. The van der Waals surface area contributed by atoms with Gasteiger partial charge in [-0.15, -0.1) is 0 Å². The van der Waals surface area contributed by atoms with Gasteiger partial charge in [0.05, 0.1) is 10.8 Å². The van der Waals surface area contributed by atoms with Crippen LogP contribution in [0.4, 0.5) is 52.7 Å². The van der Waals surface area contributed by atoms with Crippen LogP contribution in [-0.2, 0) is 19.1 Å². The maximum atomic E-state index is 13.2. The first kappa shape index (κ1) is 37.0. The van der Waals surface area contributed by atoms with Crippen LogP contribution in [-0.4, -0.2) is 69.3 Å². The van der Waals surface area contributed by atoms with Crippen molar-refractivity contribution in [2.75, 3.05) is 0 Å². The van der Waals surface area contributed by atoms with E-state index < -0.39 is 76.3 Å². The molecule has 0 unspecified atom stereocenters. The highest BCUT2D eigenvalue weighted by Crippen LogP contribution is 2.53. The normalized spacial score (nSPS) is 15.7. The van der Waals surface area contributed by atoms with Gasteiger partial charge in [0.1, 0.15) is 0 Å². The third kappa shape index (κ3) is 6.51. The van der Waals surface area contributed by atoms with E-state index in [1.807, 2.05) is 0 Å². The molecular weight excluding hydrogens is 576 g/mol. The average Bonchev–Trinajstić information content (AvgIpc) is 2.60. The molecule has 0 saturated heterocycles. The highest BCUT2D eigenvalue weighted by atomic mass is 19.4. The predicted octanol–water partition coefficient (Wildman–Crippen LogP) is 5.78. The highest BCUT2D eigenvalue weighted by Gasteiger charge is 2.80. The monoisotopic (exact) mass is 604 g/mol. The number of hydrogen-bond acceptors (Lipinski definition) is 6. The van der Waals surface area contributed by atoms with Crippen LogP contribution in [0.5, 0.6) is 0 Å². The average molecular weight is 604 g/mol. The minimum absolute atomic E-state index is 0.0962. The fraction of sp³-hybridized carbons (Fsp3) is 0.905. The summed E-state index contributed by atoms with van der Waals surface area (Å²) in [5, 5.41) is 19.1. The molecule has 0 aliphatic carbocycles. The lowest BCUT2D eigenvalue weighted by Gasteiger charge is -2.45. The summed E-state index contributed by atoms with van der Waals surface area (Å²) in [5.74, 6) is -3.72. The zero-order valence-corrected chi connectivity index (χ0v) is 21.8. The fourth-order valence-electron chi connectivity index (χ4n) is 3.82. The van der Waals surface area contributed by atoms with Gasteiger partial charge in [-0.2, -0.15) is 52.7 Å². The van der Waals surface area contributed by atoms with Crippen molar-refractivity contribution in [2.24, 2.45) is 10.8 Å². The lowest BCUT2D eigenvalue weighted by atomic mass is 9.74. The molecule has 0 radical (unpaired) electrons. The summed E-state index contributed by atoms with van der Waals surface area (Å²) in [7, 11) is 0. The van der Waals surface area contributed by atoms with Crippen LogP contribution in [0.1, 0.15) is 61.8 Å². The van der Waals surface area contributed by atoms with E-state index in [9.17, 15) is 72.5 Å². The Kier molecular flexibility index (Phi) is 9.34. The molecule has 39 heavy (non-hydrogen) atoms. The van der Waals surface area contributed by atoms with E-state index >= 15 is 0 Å². The molecule has 0 aromatic heterocycles. The van der Waals surface area contributed by atoms with Gasteiger partial charge in [-0.05, 0) is 61.8 Å². The fourth-order valence-corrected chi connectivity index (χ4v) is 3.82. The first-order valence-corrected chi connectivity index (χ1v) is 10.6. The Morgan fingerprint density at radius 1 is 0.487 bits per heavy atom. The summed E-state index contributed by atoms with van der Waals surface area (Å²) < 4.78 is 168. The SMILES string of the molecule is CC(C)(CC(C)(C)C(=O)OC(C)(C)C(O)(C(F)(F)F)C(F)(F)F)C(=O)OC(C)(C)C(O)(C(F)(F)F)C(F)(F)F. The number of ether oxygens (including phenoxy) is 2. The Bertz CT molecular complexity index is 822. The molecule has 0 fully saturated rings. The molecule has 0 aliphatic rings. The van der Waals surface area contributed by atoms with Gasteiger partial charge in [-0.1, -0.05) is 0 Å². The van der Waals surface area contributed by atoms with E-state index in [1.54, 1.807) is 0 Å². The van der Waals surface area contributed by atoms with Crippen molar-refractivity contribution in [3.8, 4) is 0 Å². The Labute approximate surface area is 214 Å². The van der Waals surface area contributed by atoms with Gasteiger partial charge in [0.15, 0.2) is 11.2 Å². The number of halogens is 12. The molecule has 0 heterocycles. The van der Waals surface area contributed by atoms with Crippen molar-refractivity contribution < 1.29 is 82.0 Å². The van der Waals surface area contributed by atoms with E-state index in [0.717, 1.165) is 27.7 Å². The molecule has 2 N–H and O–H groups in total. The molecule has 6 nitrogen and oxygen atoms in total. The van der Waals surface area contributed by atoms with Crippen LogP contribution < -0.4 is 0 Å². The zero-order chi connectivity index (χ0) is 32.3. The first-order valence-electron chi connectivity index (χ1n) is 10.6. The summed E-state index contributed by atoms with van der Waals surface area (Å²) in [6, 6.07) is 0. The lowest BCUT2D eigenvalue weighted by Crippen LogP contribution is -2.70. The second kappa shape index (κ2) is 9.83. The van der Waals surface area contributed by atoms with Crippen molar-refractivity contribution in [1.29, 1.82) is 0 Å². The number of esters is 2. The summed E-state index contributed by atoms with van der Waals surface area (Å²) in [6.45, 7) is 3.69. The number of rotatable bonds is 8. The Balaban J connectivity index is 6.22. The third-order valence-corrected chi connectivity index (χ3v) is 6.07. The number of hydrogen-bond donors (Lipinski definition) is 2. The molecule has 0 bridgehead atoms. The number of aliphatic hydroxyl groups is 2. The smallest absolute Gasteiger partial charge is 0.430 e. The molecule has 0 aromatic carbocycles. The summed E-state index contributed by atoms with van der Waals surface area (Å²) in [4.78, 5) is 25.3. The lowest BCUT2D eigenvalue weighted by molar-refractivity contribution is -0.408. The van der Waals surface area contributed by atoms with Crippen LogP contribution in [0.2, 0.25) is 0 Å². The van der Waals surface area contributed by atoms with E-state index in [-0.39, 0.29) is 27.7 Å². The van der Waals surface area contributed by atoms with Crippen molar-refractivity contribution >= 4 is 11.9 Å². The van der Waals surface area contributed by atoms with Crippen molar-refractivity contribution in [3.63, 3.8) is 0 Å². The van der Waals surface area contributed by atoms with Crippen molar-refractivity contribution in [1.82, 2.24) is 0 Å². The number of carbonyl (C=O) groups is 2. The van der Waals surface area contributed by atoms with Gasteiger partial charge < -0.3 is 19.7 Å². The molecule has 0 saturated carbocycles. The molecule has 0 spiro atoms. The highest BCUT2D eigenvalue weighted by molar-refractivity contribution is 5.80. The Morgan fingerprint density at radius 3 is 0.821 bits per heavy atom. The van der Waals surface area contributed by atoms with Gasteiger partial charge in [0.2, 0.25) is 0 Å². The van der Waals surface area contributed by atoms with Crippen LogP contribution in [0.15, 0.2) is 0 Å². The number of alkyl halides is 12. The molecule has 0 aromatic rings. The summed E-state index contributed by atoms with van der Waals surface area (Å²) in [5.41, 5.74) is -23.1. The summed E-state index contributed by atoms with van der Waals surface area (Å²) >= 11 is 0. The van der Waals surface area contributed by atoms with Gasteiger partial charge in [0, 0.05) is 0 Å². The van der Waals surface area contributed by atoms with Crippen LogP contribution in [0, 0.1) is 10.8 Å². The minimum atomic E-state index is -6.40. The standard InChI is InChI=1S/C21H28F12O6/c1-12(2,10(34)38-14(5,6)16(36,18(22,23)24)19(25,26)27)9-13(3,4)11(35)39-15(7,8)17(37,20(28,29)30)21(31,32)33/h36-37H,9H2,1-8H3. The van der Waals surface area contributed by atoms with Gasteiger partial charge >= 0.3 is 36.6 Å². The Hall–Kier alpha value is -1.98. The minimum Gasteiger partial charge on any atom is -0.455 e. The van der Waals surface area contributed by atoms with Gasteiger partial charge in [0.25, 0.3) is 11.2 Å². The second-order valence-corrected chi connectivity index (χ2v) is 11.2. The molecule has 18 heteroatoms. The van der Waals surface area contributed by atoms with E-state index in [1.165, 1.54) is 0 Å². The Morgan fingerprint density at radius 2 is 0.667 bits per heavy atom. The van der Waals surface area contributed by atoms with Crippen molar-refractivity contribution in [2.45, 2.75) is 109 Å². The molecule has 0 atom stereocenters. The van der Waals surface area contributed by atoms with E-state index in [2.05, 4.69) is 9.47 Å².